The smallest absolute Gasteiger partial charge is 0.206 e. The van der Waals surface area contributed by atoms with Crippen molar-refractivity contribution in [3.63, 3.8) is 0 Å². The number of aryl methyl sites for hydroxylation is 1. The third kappa shape index (κ3) is 3.88. The van der Waals surface area contributed by atoms with Gasteiger partial charge in [-0.3, -0.25) is 24.4 Å². The lowest BCUT2D eigenvalue weighted by Gasteiger charge is -2.03. The van der Waals surface area contributed by atoms with Crippen LogP contribution in [0.1, 0.15) is 28.2 Å². The molecular formula is C16H13FN2O3. The van der Waals surface area contributed by atoms with Crippen LogP contribution < -0.4 is 0 Å². The highest BCUT2D eigenvalue weighted by molar-refractivity contribution is 6.41. The third-order valence-electron chi connectivity index (χ3n) is 3.11. The predicted molar refractivity (Wildman–Crippen MR) is 75.8 cm³/mol. The van der Waals surface area contributed by atoms with Crippen molar-refractivity contribution in [3.05, 3.63) is 59.4 Å². The van der Waals surface area contributed by atoms with Gasteiger partial charge < -0.3 is 0 Å². The van der Waals surface area contributed by atoms with Gasteiger partial charge in [-0.05, 0) is 31.2 Å². The minimum atomic E-state index is -0.792. The Morgan fingerprint density at radius 2 is 1.64 bits per heavy atom. The van der Waals surface area contributed by atoms with Gasteiger partial charge in [0.25, 0.3) is 0 Å². The van der Waals surface area contributed by atoms with Crippen LogP contribution >= 0.6 is 0 Å². The maximum atomic E-state index is 12.8. The molecule has 1 heterocycles. The summed E-state index contributed by atoms with van der Waals surface area (Å²) in [5, 5.41) is 0. The first kappa shape index (κ1) is 15.6. The van der Waals surface area contributed by atoms with Gasteiger partial charge in [0.2, 0.25) is 11.6 Å². The molecule has 0 fully saturated rings. The number of carbonyl (C=O) groups is 3. The normalized spacial score (nSPS) is 10.3. The summed E-state index contributed by atoms with van der Waals surface area (Å²) in [6, 6.07) is 4.81. The maximum Gasteiger partial charge on any atom is 0.206 e. The standard InChI is InChI=1S/C16H13FN2O3/c1-10-13(19-7-6-18-10)8-15(21)16(22)9-14(20)11-2-4-12(17)5-3-11/h2-7H,8-9H2,1H3. The number of hydrogen-bond donors (Lipinski definition) is 0. The number of benzene rings is 1. The van der Waals surface area contributed by atoms with E-state index in [2.05, 4.69) is 9.97 Å². The first-order valence-electron chi connectivity index (χ1n) is 6.58. The summed E-state index contributed by atoms with van der Waals surface area (Å²) in [6.07, 6.45) is 2.20. The monoisotopic (exact) mass is 300 g/mol. The zero-order chi connectivity index (χ0) is 16.1. The molecule has 2 aromatic rings. The van der Waals surface area contributed by atoms with E-state index in [1.165, 1.54) is 24.5 Å². The second-order valence-corrected chi connectivity index (χ2v) is 4.72. The third-order valence-corrected chi connectivity index (χ3v) is 3.11. The van der Waals surface area contributed by atoms with Gasteiger partial charge in [-0.25, -0.2) is 4.39 Å². The average molecular weight is 300 g/mol. The number of nitrogens with zero attached hydrogens (tertiary/aromatic N) is 2. The fraction of sp³-hybridized carbons (Fsp3) is 0.188. The minimum Gasteiger partial charge on any atom is -0.294 e. The van der Waals surface area contributed by atoms with Crippen molar-refractivity contribution in [2.45, 2.75) is 19.8 Å². The van der Waals surface area contributed by atoms with Crippen LogP contribution in [0.4, 0.5) is 4.39 Å². The molecule has 0 bridgehead atoms. The van der Waals surface area contributed by atoms with E-state index in [1.54, 1.807) is 6.92 Å². The molecule has 0 spiro atoms. The molecule has 0 unspecified atom stereocenters. The van der Waals surface area contributed by atoms with Crippen LogP contribution in [0.5, 0.6) is 0 Å². The minimum absolute atomic E-state index is 0.185. The van der Waals surface area contributed by atoms with Gasteiger partial charge >= 0.3 is 0 Å². The van der Waals surface area contributed by atoms with Crippen molar-refractivity contribution in [1.82, 2.24) is 9.97 Å². The summed E-state index contributed by atoms with van der Waals surface area (Å²) in [6.45, 7) is 1.68. The van der Waals surface area contributed by atoms with Crippen LogP contribution in [0.15, 0.2) is 36.7 Å². The van der Waals surface area contributed by atoms with Crippen LogP contribution in [-0.4, -0.2) is 27.3 Å². The molecule has 6 heteroatoms. The van der Waals surface area contributed by atoms with Crippen LogP contribution in [0.25, 0.3) is 0 Å². The molecule has 0 aliphatic heterocycles. The molecule has 112 valence electrons. The lowest BCUT2D eigenvalue weighted by molar-refractivity contribution is -0.135. The first-order chi connectivity index (χ1) is 10.5. The van der Waals surface area contributed by atoms with Crippen molar-refractivity contribution < 1.29 is 18.8 Å². The van der Waals surface area contributed by atoms with E-state index in [4.69, 9.17) is 0 Å². The van der Waals surface area contributed by atoms with Gasteiger partial charge in [-0.15, -0.1) is 0 Å². The molecule has 0 amide bonds. The first-order valence-corrected chi connectivity index (χ1v) is 6.58. The number of rotatable bonds is 6. The summed E-state index contributed by atoms with van der Waals surface area (Å²) in [5.41, 5.74) is 1.17. The van der Waals surface area contributed by atoms with E-state index in [9.17, 15) is 18.8 Å². The molecule has 0 aliphatic rings. The zero-order valence-electron chi connectivity index (χ0n) is 11.9. The summed E-state index contributed by atoms with van der Waals surface area (Å²) in [4.78, 5) is 43.5. The molecular weight excluding hydrogens is 287 g/mol. The fourth-order valence-electron chi connectivity index (χ4n) is 1.84. The molecule has 0 aliphatic carbocycles. The van der Waals surface area contributed by atoms with Crippen LogP contribution in [0.2, 0.25) is 0 Å². The molecule has 5 nitrogen and oxygen atoms in total. The Balaban J connectivity index is 1.99. The number of Topliss-reactive ketones (excluding diaryl/α,β-unsaturated/α-hetero) is 3. The SMILES string of the molecule is Cc1nccnc1CC(=O)C(=O)CC(=O)c1ccc(F)cc1. The fourth-order valence-corrected chi connectivity index (χ4v) is 1.84. The summed E-state index contributed by atoms with van der Waals surface area (Å²) in [7, 11) is 0. The lowest BCUT2D eigenvalue weighted by Crippen LogP contribution is -2.21. The number of ketones is 3. The zero-order valence-corrected chi connectivity index (χ0v) is 11.9. The molecule has 1 aromatic heterocycles. The summed E-state index contributed by atoms with van der Waals surface area (Å²) in [5.74, 6) is -2.48. The van der Waals surface area contributed by atoms with Crippen molar-refractivity contribution in [2.24, 2.45) is 0 Å². The molecule has 22 heavy (non-hydrogen) atoms. The van der Waals surface area contributed by atoms with Crippen LogP contribution in [0.3, 0.4) is 0 Å². The van der Waals surface area contributed by atoms with Crippen molar-refractivity contribution in [1.29, 1.82) is 0 Å². The summed E-state index contributed by atoms with van der Waals surface area (Å²) < 4.78 is 12.8. The van der Waals surface area contributed by atoms with Gasteiger partial charge in [-0.1, -0.05) is 0 Å². The van der Waals surface area contributed by atoms with E-state index in [0.29, 0.717) is 11.4 Å². The van der Waals surface area contributed by atoms with E-state index < -0.39 is 29.6 Å². The van der Waals surface area contributed by atoms with Crippen molar-refractivity contribution >= 4 is 17.3 Å². The number of aromatic nitrogens is 2. The Kier molecular flexibility index (Phi) is 4.83. The molecule has 0 radical (unpaired) electrons. The second-order valence-electron chi connectivity index (χ2n) is 4.72. The second kappa shape index (κ2) is 6.80. The Bertz CT molecular complexity index is 726. The van der Waals surface area contributed by atoms with E-state index in [-0.39, 0.29) is 12.0 Å². The molecule has 0 N–H and O–H groups in total. The Hall–Kier alpha value is -2.76. The van der Waals surface area contributed by atoms with Crippen molar-refractivity contribution in [2.75, 3.05) is 0 Å². The lowest BCUT2D eigenvalue weighted by atomic mass is 10.0. The van der Waals surface area contributed by atoms with E-state index in [1.807, 2.05) is 0 Å². The van der Waals surface area contributed by atoms with Gasteiger partial charge in [0, 0.05) is 18.0 Å². The number of carbonyl (C=O) groups excluding carboxylic acids is 3. The largest absolute Gasteiger partial charge is 0.294 e. The number of halogens is 1. The van der Waals surface area contributed by atoms with Crippen LogP contribution in [-0.2, 0) is 16.0 Å². The Labute approximate surface area is 126 Å². The molecule has 1 aromatic carbocycles. The Morgan fingerprint density at radius 1 is 1.00 bits per heavy atom. The highest BCUT2D eigenvalue weighted by Crippen LogP contribution is 2.08. The number of hydrogen-bond acceptors (Lipinski definition) is 5. The van der Waals surface area contributed by atoms with Crippen molar-refractivity contribution in [3.8, 4) is 0 Å². The van der Waals surface area contributed by atoms with E-state index >= 15 is 0 Å². The van der Waals surface area contributed by atoms with Crippen LogP contribution in [0, 0.1) is 12.7 Å². The molecule has 0 atom stereocenters. The van der Waals surface area contributed by atoms with Gasteiger partial charge in [0.1, 0.15) is 5.82 Å². The predicted octanol–water partition coefficient (Wildman–Crippen LogP) is 1.88. The Morgan fingerprint density at radius 3 is 2.27 bits per heavy atom. The van der Waals surface area contributed by atoms with Gasteiger partial charge in [0.15, 0.2) is 5.78 Å². The highest BCUT2D eigenvalue weighted by atomic mass is 19.1. The van der Waals surface area contributed by atoms with Gasteiger partial charge in [0.05, 0.1) is 24.2 Å². The van der Waals surface area contributed by atoms with Gasteiger partial charge in [-0.2, -0.15) is 0 Å². The topological polar surface area (TPSA) is 77.0 Å². The molecule has 0 saturated carbocycles. The molecule has 0 saturated heterocycles. The highest BCUT2D eigenvalue weighted by Gasteiger charge is 2.20. The quantitative estimate of drug-likeness (QED) is 0.462. The molecule has 2 rings (SSSR count). The average Bonchev–Trinajstić information content (AvgIpc) is 2.50. The summed E-state index contributed by atoms with van der Waals surface area (Å²) >= 11 is 0. The van der Waals surface area contributed by atoms with E-state index in [0.717, 1.165) is 12.1 Å². The maximum absolute atomic E-state index is 12.8.